The molecular weight excluding hydrogens is 434 g/mol. The average Bonchev–Trinajstić information content (AvgIpc) is 3.31. The van der Waals surface area contributed by atoms with Crippen LogP contribution in [0.25, 0.3) is 28.3 Å². The summed E-state index contributed by atoms with van der Waals surface area (Å²) in [6.07, 6.45) is 3.09. The second-order valence-corrected chi connectivity index (χ2v) is 11.1. The zero-order valence-corrected chi connectivity index (χ0v) is 20.6. The molecule has 4 rings (SSSR count). The molecule has 0 spiro atoms. The Morgan fingerprint density at radius 2 is 1.67 bits per heavy atom. The minimum atomic E-state index is -3.28. The van der Waals surface area contributed by atoms with Crippen molar-refractivity contribution in [3.8, 4) is 28.3 Å². The summed E-state index contributed by atoms with van der Waals surface area (Å²) < 4.78 is 28.0. The highest BCUT2D eigenvalue weighted by Gasteiger charge is 2.24. The van der Waals surface area contributed by atoms with Crippen molar-refractivity contribution in [2.75, 3.05) is 6.26 Å². The van der Waals surface area contributed by atoms with Gasteiger partial charge >= 0.3 is 0 Å². The highest BCUT2D eigenvalue weighted by atomic mass is 32.2. The van der Waals surface area contributed by atoms with Crippen LogP contribution in [0.4, 0.5) is 0 Å². The predicted molar refractivity (Wildman–Crippen MR) is 131 cm³/mol. The SMILES string of the molecule is Cc1cc(-c2cccc(S(C)(=O)=O)c2)ccc1-n1cc(C(C)(C)O)nc1-c1ccc(C)n1C. The van der Waals surface area contributed by atoms with Crippen molar-refractivity contribution < 1.29 is 13.5 Å². The van der Waals surface area contributed by atoms with Gasteiger partial charge in [-0.15, -0.1) is 0 Å². The molecule has 7 heteroatoms. The lowest BCUT2D eigenvalue weighted by Gasteiger charge is -2.14. The van der Waals surface area contributed by atoms with Crippen LogP contribution in [0.2, 0.25) is 0 Å². The summed E-state index contributed by atoms with van der Waals surface area (Å²) >= 11 is 0. The van der Waals surface area contributed by atoms with Gasteiger partial charge < -0.3 is 9.67 Å². The van der Waals surface area contributed by atoms with Crippen LogP contribution in [0.1, 0.15) is 30.8 Å². The summed E-state index contributed by atoms with van der Waals surface area (Å²) in [7, 11) is -1.28. The van der Waals surface area contributed by atoms with E-state index in [1.807, 2.05) is 68.1 Å². The Balaban J connectivity index is 1.85. The number of hydrogen-bond acceptors (Lipinski definition) is 4. The number of rotatable bonds is 5. The molecule has 6 nitrogen and oxygen atoms in total. The Morgan fingerprint density at radius 1 is 0.970 bits per heavy atom. The normalized spacial score (nSPS) is 12.3. The van der Waals surface area contributed by atoms with E-state index in [9.17, 15) is 13.5 Å². The maximum Gasteiger partial charge on any atom is 0.175 e. The van der Waals surface area contributed by atoms with Crippen LogP contribution in [0.3, 0.4) is 0 Å². The zero-order valence-electron chi connectivity index (χ0n) is 19.8. The molecule has 0 fully saturated rings. The molecule has 0 bridgehead atoms. The summed E-state index contributed by atoms with van der Waals surface area (Å²) in [5, 5.41) is 10.6. The molecule has 1 N–H and O–H groups in total. The summed E-state index contributed by atoms with van der Waals surface area (Å²) in [4.78, 5) is 5.09. The molecule has 2 heterocycles. The van der Waals surface area contributed by atoms with Crippen molar-refractivity contribution in [1.29, 1.82) is 0 Å². The van der Waals surface area contributed by atoms with E-state index in [2.05, 4.69) is 4.57 Å². The number of aryl methyl sites for hydroxylation is 2. The van der Waals surface area contributed by atoms with Crippen LogP contribution in [0.5, 0.6) is 0 Å². The van der Waals surface area contributed by atoms with Gasteiger partial charge in [-0.25, -0.2) is 13.4 Å². The van der Waals surface area contributed by atoms with Gasteiger partial charge in [0.25, 0.3) is 0 Å². The first kappa shape index (κ1) is 23.0. The summed E-state index contributed by atoms with van der Waals surface area (Å²) in [6.45, 7) is 7.51. The van der Waals surface area contributed by atoms with E-state index in [0.29, 0.717) is 10.6 Å². The molecule has 2 aromatic carbocycles. The highest BCUT2D eigenvalue weighted by molar-refractivity contribution is 7.90. The van der Waals surface area contributed by atoms with Gasteiger partial charge in [0, 0.05) is 25.2 Å². The Hall–Kier alpha value is -3.16. The van der Waals surface area contributed by atoms with E-state index < -0.39 is 15.4 Å². The van der Waals surface area contributed by atoms with Gasteiger partial charge in [-0.2, -0.15) is 0 Å². The molecule has 0 unspecified atom stereocenters. The fourth-order valence-electron chi connectivity index (χ4n) is 3.89. The van der Waals surface area contributed by atoms with E-state index in [4.69, 9.17) is 4.98 Å². The van der Waals surface area contributed by atoms with Crippen LogP contribution < -0.4 is 0 Å². The minimum absolute atomic E-state index is 0.299. The topological polar surface area (TPSA) is 77.1 Å². The number of sulfone groups is 1. The van der Waals surface area contributed by atoms with Crippen molar-refractivity contribution in [3.05, 3.63) is 77.7 Å². The van der Waals surface area contributed by atoms with Crippen molar-refractivity contribution in [2.24, 2.45) is 7.05 Å². The number of imidazole rings is 1. The van der Waals surface area contributed by atoms with E-state index in [-0.39, 0.29) is 0 Å². The summed E-state index contributed by atoms with van der Waals surface area (Å²) in [5.74, 6) is 0.748. The maximum atomic E-state index is 12.0. The lowest BCUT2D eigenvalue weighted by Crippen LogP contribution is -2.15. The van der Waals surface area contributed by atoms with Crippen LogP contribution >= 0.6 is 0 Å². The Morgan fingerprint density at radius 3 is 2.24 bits per heavy atom. The fraction of sp³-hybridized carbons (Fsp3) is 0.269. The fourth-order valence-corrected chi connectivity index (χ4v) is 4.56. The first-order valence-corrected chi connectivity index (χ1v) is 12.6. The number of aromatic nitrogens is 3. The van der Waals surface area contributed by atoms with Gasteiger partial charge in [0.15, 0.2) is 15.7 Å². The molecule has 4 aromatic rings. The first-order valence-electron chi connectivity index (χ1n) is 10.7. The smallest absolute Gasteiger partial charge is 0.175 e. The molecule has 0 aliphatic carbocycles. The molecule has 0 radical (unpaired) electrons. The quantitative estimate of drug-likeness (QED) is 0.462. The summed E-state index contributed by atoms with van der Waals surface area (Å²) in [5.41, 5.74) is 5.28. The van der Waals surface area contributed by atoms with Crippen molar-refractivity contribution in [1.82, 2.24) is 14.1 Å². The minimum Gasteiger partial charge on any atom is -0.384 e. The third-order valence-electron chi connectivity index (χ3n) is 5.99. The molecule has 0 aliphatic rings. The predicted octanol–water partition coefficient (Wildman–Crippen LogP) is 4.79. The molecule has 0 atom stereocenters. The van der Waals surface area contributed by atoms with E-state index in [1.165, 1.54) is 6.26 Å². The lowest BCUT2D eigenvalue weighted by atomic mass is 10.0. The second kappa shape index (κ2) is 8.01. The number of benzene rings is 2. The molecule has 0 saturated carbocycles. The van der Waals surface area contributed by atoms with Crippen molar-refractivity contribution >= 4 is 9.84 Å². The number of hydrogen-bond donors (Lipinski definition) is 1. The molecule has 172 valence electrons. The van der Waals surface area contributed by atoms with E-state index in [1.54, 1.807) is 32.0 Å². The average molecular weight is 464 g/mol. The van der Waals surface area contributed by atoms with E-state index >= 15 is 0 Å². The number of aliphatic hydroxyl groups is 1. The van der Waals surface area contributed by atoms with Crippen molar-refractivity contribution in [2.45, 2.75) is 38.2 Å². The van der Waals surface area contributed by atoms with Gasteiger partial charge in [0.2, 0.25) is 0 Å². The molecule has 0 aliphatic heterocycles. The molecule has 0 saturated heterocycles. The van der Waals surface area contributed by atoms with Crippen LogP contribution in [-0.4, -0.2) is 33.9 Å². The summed E-state index contributed by atoms with van der Waals surface area (Å²) in [6, 6.07) is 17.1. The van der Waals surface area contributed by atoms with Gasteiger partial charge in [0.05, 0.1) is 22.0 Å². The van der Waals surface area contributed by atoms with Gasteiger partial charge in [0.1, 0.15) is 5.60 Å². The standard InChI is InChI=1S/C26H29N3O3S/c1-17-14-20(19-8-7-9-21(15-19)33(6,31)32)11-13-22(17)29-16-24(26(3,4)30)27-25(29)23-12-10-18(2)28(23)5/h7-16,30H,1-6H3. The third kappa shape index (κ3) is 4.38. The Bertz CT molecular complexity index is 1450. The van der Waals surface area contributed by atoms with Gasteiger partial charge in [-0.3, -0.25) is 4.57 Å². The van der Waals surface area contributed by atoms with Crippen LogP contribution in [-0.2, 0) is 22.5 Å². The molecular formula is C26H29N3O3S. The first-order chi connectivity index (χ1) is 15.4. The Labute approximate surface area is 195 Å². The Kier molecular flexibility index (Phi) is 5.58. The van der Waals surface area contributed by atoms with Crippen LogP contribution in [0.15, 0.2) is 65.7 Å². The second-order valence-electron chi connectivity index (χ2n) is 9.10. The molecule has 0 amide bonds. The zero-order chi connectivity index (χ0) is 24.1. The number of nitrogens with zero attached hydrogens (tertiary/aromatic N) is 3. The third-order valence-corrected chi connectivity index (χ3v) is 7.10. The highest BCUT2D eigenvalue weighted by Crippen LogP contribution is 2.32. The lowest BCUT2D eigenvalue weighted by molar-refractivity contribution is 0.0743. The van der Waals surface area contributed by atoms with Gasteiger partial charge in [-0.05, 0) is 80.8 Å². The molecule has 33 heavy (non-hydrogen) atoms. The monoisotopic (exact) mass is 463 g/mol. The van der Waals surface area contributed by atoms with Crippen LogP contribution in [0, 0.1) is 13.8 Å². The van der Waals surface area contributed by atoms with Crippen molar-refractivity contribution in [3.63, 3.8) is 0 Å². The van der Waals surface area contributed by atoms with Gasteiger partial charge in [-0.1, -0.05) is 18.2 Å². The molecule has 2 aromatic heterocycles. The largest absolute Gasteiger partial charge is 0.384 e. The van der Waals surface area contributed by atoms with E-state index in [0.717, 1.165) is 39.6 Å². The maximum absolute atomic E-state index is 12.0.